The van der Waals surface area contributed by atoms with Crippen molar-refractivity contribution >= 4 is 17.5 Å². The minimum atomic E-state index is -0.175. The summed E-state index contributed by atoms with van der Waals surface area (Å²) in [5.41, 5.74) is 2.07. The Kier molecular flexibility index (Phi) is 5.96. The predicted molar refractivity (Wildman–Crippen MR) is 110 cm³/mol. The van der Waals surface area contributed by atoms with Crippen LogP contribution in [0.25, 0.3) is 0 Å². The Morgan fingerprint density at radius 2 is 1.97 bits per heavy atom. The first-order chi connectivity index (χ1) is 13.8. The fourth-order valence-corrected chi connectivity index (χ4v) is 3.29. The van der Waals surface area contributed by atoms with Crippen molar-refractivity contribution < 1.29 is 18.7 Å². The predicted octanol–water partition coefficient (Wildman–Crippen LogP) is 3.77. The number of rotatable bonds is 7. The van der Waals surface area contributed by atoms with Gasteiger partial charge in [-0.15, -0.1) is 0 Å². The van der Waals surface area contributed by atoms with E-state index >= 15 is 0 Å². The van der Waals surface area contributed by atoms with E-state index in [9.17, 15) is 9.59 Å². The highest BCUT2D eigenvalue weighted by molar-refractivity contribution is 5.98. The van der Waals surface area contributed by atoms with Crippen molar-refractivity contribution in [2.45, 2.75) is 53.0 Å². The molecule has 1 aromatic heterocycles. The van der Waals surface area contributed by atoms with Gasteiger partial charge in [-0.1, -0.05) is 26.8 Å². The van der Waals surface area contributed by atoms with Gasteiger partial charge >= 0.3 is 0 Å². The number of aromatic nitrogens is 1. The molecule has 7 heteroatoms. The number of carbonyl (C=O) groups excluding carboxylic acids is 2. The van der Waals surface area contributed by atoms with Gasteiger partial charge < -0.3 is 14.1 Å². The third kappa shape index (κ3) is 4.13. The maximum absolute atomic E-state index is 12.6. The van der Waals surface area contributed by atoms with Crippen molar-refractivity contribution in [2.75, 3.05) is 24.6 Å². The Morgan fingerprint density at radius 1 is 1.24 bits per heavy atom. The summed E-state index contributed by atoms with van der Waals surface area (Å²) in [7, 11) is 0. The second-order valence-electron chi connectivity index (χ2n) is 7.79. The number of ether oxygens (including phenoxy) is 1. The minimum absolute atomic E-state index is 0.0204. The molecule has 2 aromatic rings. The summed E-state index contributed by atoms with van der Waals surface area (Å²) < 4.78 is 11.1. The number of carbonyl (C=O) groups is 2. The summed E-state index contributed by atoms with van der Waals surface area (Å²) in [4.78, 5) is 32.7. The normalized spacial score (nSPS) is 13.8. The molecule has 29 heavy (non-hydrogen) atoms. The first-order valence-corrected chi connectivity index (χ1v) is 10.1. The van der Waals surface area contributed by atoms with E-state index in [-0.39, 0.29) is 36.1 Å². The Bertz CT molecular complexity index is 899. The van der Waals surface area contributed by atoms with E-state index in [1.807, 2.05) is 32.0 Å². The van der Waals surface area contributed by atoms with Crippen molar-refractivity contribution in [2.24, 2.45) is 0 Å². The number of nitrogens with zero attached hydrogens (tertiary/aromatic N) is 3. The van der Waals surface area contributed by atoms with Gasteiger partial charge in [0, 0.05) is 13.1 Å². The number of amides is 2. The highest BCUT2D eigenvalue weighted by Crippen LogP contribution is 2.38. The second kappa shape index (κ2) is 8.27. The first-order valence-electron chi connectivity index (χ1n) is 10.1. The molecule has 1 aliphatic rings. The van der Waals surface area contributed by atoms with Gasteiger partial charge in [0.15, 0.2) is 12.3 Å². The number of hydrogen-bond donors (Lipinski definition) is 0. The molecule has 1 aliphatic heterocycles. The topological polar surface area (TPSA) is 75.9 Å². The van der Waals surface area contributed by atoms with Crippen molar-refractivity contribution in [1.82, 2.24) is 9.88 Å². The molecule has 3 rings (SSSR count). The second-order valence-corrected chi connectivity index (χ2v) is 7.79. The van der Waals surface area contributed by atoms with Crippen LogP contribution in [0.2, 0.25) is 0 Å². The Balaban J connectivity index is 1.88. The van der Waals surface area contributed by atoms with Gasteiger partial charge in [0.25, 0.3) is 11.8 Å². The van der Waals surface area contributed by atoms with E-state index in [4.69, 9.17) is 9.15 Å². The smallest absolute Gasteiger partial charge is 0.275 e. The molecule has 2 heterocycles. The number of benzene rings is 1. The summed E-state index contributed by atoms with van der Waals surface area (Å²) in [6, 6.07) is 5.95. The van der Waals surface area contributed by atoms with Gasteiger partial charge in [-0.2, -0.15) is 0 Å². The van der Waals surface area contributed by atoms with Gasteiger partial charge in [-0.3, -0.25) is 14.5 Å². The molecular formula is C22H29N3O4. The molecule has 0 N–H and O–H groups in total. The van der Waals surface area contributed by atoms with Crippen LogP contribution in [-0.2, 0) is 16.8 Å². The molecule has 0 fully saturated rings. The fraction of sp³-hybridized carbons (Fsp3) is 0.500. The number of oxazole rings is 1. The van der Waals surface area contributed by atoms with Gasteiger partial charge in [0.1, 0.15) is 18.6 Å². The molecule has 0 saturated heterocycles. The van der Waals surface area contributed by atoms with Crippen LogP contribution in [0, 0.1) is 0 Å². The number of hydrogen-bond acceptors (Lipinski definition) is 5. The zero-order valence-electron chi connectivity index (χ0n) is 17.8. The highest BCUT2D eigenvalue weighted by atomic mass is 16.5. The van der Waals surface area contributed by atoms with E-state index in [1.54, 1.807) is 9.80 Å². The molecule has 0 unspecified atom stereocenters. The van der Waals surface area contributed by atoms with E-state index in [0.717, 1.165) is 12.0 Å². The van der Waals surface area contributed by atoms with Gasteiger partial charge in [0.2, 0.25) is 5.89 Å². The van der Waals surface area contributed by atoms with Crippen LogP contribution in [-0.4, -0.2) is 41.4 Å². The Labute approximate surface area is 171 Å². The summed E-state index contributed by atoms with van der Waals surface area (Å²) >= 11 is 0. The average molecular weight is 399 g/mol. The van der Waals surface area contributed by atoms with E-state index in [0.29, 0.717) is 30.4 Å². The molecule has 156 valence electrons. The Morgan fingerprint density at radius 3 is 2.62 bits per heavy atom. The van der Waals surface area contributed by atoms with Crippen molar-refractivity contribution in [1.29, 1.82) is 0 Å². The van der Waals surface area contributed by atoms with E-state index in [2.05, 4.69) is 25.8 Å². The maximum atomic E-state index is 12.6. The summed E-state index contributed by atoms with van der Waals surface area (Å²) in [5.74, 6) is 0.637. The lowest BCUT2D eigenvalue weighted by atomic mass is 9.82. The molecule has 7 nitrogen and oxygen atoms in total. The van der Waals surface area contributed by atoms with Gasteiger partial charge in [-0.25, -0.2) is 4.98 Å². The minimum Gasteiger partial charge on any atom is -0.482 e. The average Bonchev–Trinajstić information content (AvgIpc) is 3.19. The molecule has 0 saturated carbocycles. The highest BCUT2D eigenvalue weighted by Gasteiger charge is 2.30. The van der Waals surface area contributed by atoms with Crippen LogP contribution in [0.15, 0.2) is 28.9 Å². The van der Waals surface area contributed by atoms with Crippen LogP contribution < -0.4 is 9.64 Å². The largest absolute Gasteiger partial charge is 0.482 e. The van der Waals surface area contributed by atoms with Crippen molar-refractivity contribution in [3.8, 4) is 5.75 Å². The molecule has 0 radical (unpaired) electrons. The SMILES string of the molecule is CCN(CC)C(=O)c1coc(CN2C(=O)COc3ccc(C(C)(C)CC)cc32)n1. The fourth-order valence-electron chi connectivity index (χ4n) is 3.29. The summed E-state index contributed by atoms with van der Waals surface area (Å²) in [6.45, 7) is 11.6. The molecule has 0 aliphatic carbocycles. The summed E-state index contributed by atoms with van der Waals surface area (Å²) in [5, 5.41) is 0. The quantitative estimate of drug-likeness (QED) is 0.708. The molecule has 0 atom stereocenters. The van der Waals surface area contributed by atoms with Crippen molar-refractivity contribution in [3.05, 3.63) is 41.6 Å². The van der Waals surface area contributed by atoms with Crippen LogP contribution in [0.3, 0.4) is 0 Å². The zero-order chi connectivity index (χ0) is 21.2. The lowest BCUT2D eigenvalue weighted by Crippen LogP contribution is -2.38. The standard InChI is InChI=1S/C22H29N3O4/c1-6-22(4,5)15-9-10-18-17(11-15)25(20(26)14-28-18)12-19-23-16(13-29-19)21(27)24(7-2)8-3/h9-11,13H,6-8,12,14H2,1-5H3. The van der Waals surface area contributed by atoms with E-state index < -0.39 is 0 Å². The molecule has 0 spiro atoms. The van der Waals surface area contributed by atoms with Gasteiger partial charge in [0.05, 0.1) is 5.69 Å². The molecule has 0 bridgehead atoms. The lowest BCUT2D eigenvalue weighted by Gasteiger charge is -2.31. The Hall–Kier alpha value is -2.83. The number of anilines is 1. The van der Waals surface area contributed by atoms with E-state index in [1.165, 1.54) is 6.26 Å². The summed E-state index contributed by atoms with van der Waals surface area (Å²) in [6.07, 6.45) is 2.33. The maximum Gasteiger partial charge on any atom is 0.275 e. The lowest BCUT2D eigenvalue weighted by molar-refractivity contribution is -0.121. The molecule has 1 aromatic carbocycles. The van der Waals surface area contributed by atoms with Crippen LogP contribution >= 0.6 is 0 Å². The number of fused-ring (bicyclic) bond motifs is 1. The third-order valence-corrected chi connectivity index (χ3v) is 5.68. The molecule has 2 amide bonds. The van der Waals surface area contributed by atoms with Gasteiger partial charge in [-0.05, 0) is 43.4 Å². The van der Waals surface area contributed by atoms with Crippen LogP contribution in [0.5, 0.6) is 5.75 Å². The third-order valence-electron chi connectivity index (χ3n) is 5.68. The van der Waals surface area contributed by atoms with Crippen molar-refractivity contribution in [3.63, 3.8) is 0 Å². The van der Waals surface area contributed by atoms with Crippen LogP contribution in [0.4, 0.5) is 5.69 Å². The molecular weight excluding hydrogens is 370 g/mol. The first kappa shape index (κ1) is 20.9. The van der Waals surface area contributed by atoms with Crippen LogP contribution in [0.1, 0.15) is 63.0 Å². The zero-order valence-corrected chi connectivity index (χ0v) is 17.8. The monoisotopic (exact) mass is 399 g/mol.